The molecule has 2 nitrogen and oxygen atoms in total. The Bertz CT molecular complexity index is 584. The minimum absolute atomic E-state index is 0.243. The Hall–Kier alpha value is -1.33. The molecule has 0 radical (unpaired) electrons. The van der Waals surface area contributed by atoms with Crippen LogP contribution in [0.25, 0.3) is 0 Å². The lowest BCUT2D eigenvalue weighted by Crippen LogP contribution is -2.25. The molecule has 0 saturated carbocycles. The van der Waals surface area contributed by atoms with E-state index in [9.17, 15) is 13.9 Å². The third-order valence-corrected chi connectivity index (χ3v) is 3.57. The van der Waals surface area contributed by atoms with E-state index >= 15 is 0 Å². The second-order valence-electron chi connectivity index (χ2n) is 4.55. The lowest BCUT2D eigenvalue weighted by atomic mass is 9.93. The summed E-state index contributed by atoms with van der Waals surface area (Å²) in [5.41, 5.74) is -0.142. The van der Waals surface area contributed by atoms with Crippen molar-refractivity contribution in [3.63, 3.8) is 0 Å². The molecular weight excluding hydrogens is 316 g/mol. The molecular formula is C14H12BrF2NO. The zero-order chi connectivity index (χ0) is 14.0. The van der Waals surface area contributed by atoms with Crippen LogP contribution < -0.4 is 0 Å². The van der Waals surface area contributed by atoms with Crippen molar-refractivity contribution in [1.82, 2.24) is 4.98 Å². The first kappa shape index (κ1) is 14.1. The van der Waals surface area contributed by atoms with Gasteiger partial charge >= 0.3 is 0 Å². The number of hydrogen-bond acceptors (Lipinski definition) is 2. The molecule has 0 aliphatic carbocycles. The summed E-state index contributed by atoms with van der Waals surface area (Å²) in [5.74, 6) is -0.808. The molecule has 1 unspecified atom stereocenters. The van der Waals surface area contributed by atoms with Crippen molar-refractivity contribution < 1.29 is 13.9 Å². The number of aromatic nitrogens is 1. The zero-order valence-electron chi connectivity index (χ0n) is 10.2. The fourth-order valence-electron chi connectivity index (χ4n) is 1.82. The van der Waals surface area contributed by atoms with Gasteiger partial charge in [0.15, 0.2) is 0 Å². The maximum Gasteiger partial charge on any atom is 0.141 e. The average molecular weight is 328 g/mol. The van der Waals surface area contributed by atoms with Crippen LogP contribution >= 0.6 is 15.9 Å². The van der Waals surface area contributed by atoms with Gasteiger partial charge in [0.05, 0.1) is 11.9 Å². The summed E-state index contributed by atoms with van der Waals surface area (Å²) in [4.78, 5) is 3.88. The van der Waals surface area contributed by atoms with Gasteiger partial charge in [0.1, 0.15) is 17.2 Å². The average Bonchev–Trinajstić information content (AvgIpc) is 2.33. The third kappa shape index (κ3) is 3.36. The number of pyridine rings is 1. The van der Waals surface area contributed by atoms with Crippen molar-refractivity contribution in [2.75, 3.05) is 0 Å². The highest BCUT2D eigenvalue weighted by Crippen LogP contribution is 2.28. The molecule has 1 atom stereocenters. The summed E-state index contributed by atoms with van der Waals surface area (Å²) < 4.78 is 26.4. The number of rotatable bonds is 3. The van der Waals surface area contributed by atoms with Gasteiger partial charge in [-0.15, -0.1) is 0 Å². The summed E-state index contributed by atoms with van der Waals surface area (Å²) in [6.45, 7) is 1.59. The first-order valence-corrected chi connectivity index (χ1v) is 6.46. The van der Waals surface area contributed by atoms with Crippen LogP contribution in [0.4, 0.5) is 8.78 Å². The monoisotopic (exact) mass is 327 g/mol. The Morgan fingerprint density at radius 1 is 1.21 bits per heavy atom. The van der Waals surface area contributed by atoms with E-state index < -0.39 is 11.4 Å². The topological polar surface area (TPSA) is 33.1 Å². The molecule has 100 valence electrons. The van der Waals surface area contributed by atoms with E-state index in [1.165, 1.54) is 24.3 Å². The Labute approximate surface area is 118 Å². The maximum atomic E-state index is 13.0. The first-order chi connectivity index (χ1) is 8.88. The summed E-state index contributed by atoms with van der Waals surface area (Å²) in [7, 11) is 0. The molecule has 0 spiro atoms. The van der Waals surface area contributed by atoms with Crippen LogP contribution in [0.2, 0.25) is 0 Å². The molecule has 0 bridgehead atoms. The Morgan fingerprint density at radius 2 is 1.89 bits per heavy atom. The summed E-state index contributed by atoms with van der Waals surface area (Å²) in [6, 6.07) is 6.94. The van der Waals surface area contributed by atoms with Gasteiger partial charge in [0.2, 0.25) is 0 Å². The molecule has 1 N–H and O–H groups in total. The quantitative estimate of drug-likeness (QED) is 0.934. The van der Waals surface area contributed by atoms with Gasteiger partial charge in [-0.1, -0.05) is 22.0 Å². The third-order valence-electron chi connectivity index (χ3n) is 2.83. The van der Waals surface area contributed by atoms with E-state index in [2.05, 4.69) is 20.9 Å². The van der Waals surface area contributed by atoms with Crippen LogP contribution in [0.15, 0.2) is 41.0 Å². The molecule has 1 aromatic carbocycles. The van der Waals surface area contributed by atoms with E-state index in [1.54, 1.807) is 13.0 Å². The van der Waals surface area contributed by atoms with Crippen molar-refractivity contribution in [3.05, 3.63) is 63.9 Å². The number of nitrogens with zero attached hydrogens (tertiary/aromatic N) is 1. The smallest absolute Gasteiger partial charge is 0.141 e. The highest BCUT2D eigenvalue weighted by molar-refractivity contribution is 9.10. The summed E-state index contributed by atoms with van der Waals surface area (Å²) in [5, 5.41) is 10.4. The van der Waals surface area contributed by atoms with Crippen LogP contribution in [-0.4, -0.2) is 10.1 Å². The lowest BCUT2D eigenvalue weighted by molar-refractivity contribution is 0.0527. The summed E-state index contributed by atoms with van der Waals surface area (Å²) >= 11 is 3.25. The fraction of sp³-hybridized carbons (Fsp3) is 0.214. The molecule has 2 aromatic rings. The molecule has 2 rings (SSSR count). The van der Waals surface area contributed by atoms with Crippen LogP contribution in [-0.2, 0) is 12.0 Å². The van der Waals surface area contributed by atoms with E-state index in [0.29, 0.717) is 10.2 Å². The van der Waals surface area contributed by atoms with Crippen LogP contribution in [0.5, 0.6) is 0 Å². The van der Waals surface area contributed by atoms with Crippen LogP contribution in [0.3, 0.4) is 0 Å². The minimum Gasteiger partial charge on any atom is -0.383 e. The molecule has 0 aliphatic heterocycles. The molecule has 0 aliphatic rings. The number of halogens is 3. The van der Waals surface area contributed by atoms with E-state index in [4.69, 9.17) is 0 Å². The van der Waals surface area contributed by atoms with Crippen molar-refractivity contribution in [1.29, 1.82) is 0 Å². The molecule has 1 aromatic heterocycles. The molecule has 19 heavy (non-hydrogen) atoms. The normalized spacial score (nSPS) is 14.2. The molecule has 0 fully saturated rings. The lowest BCUT2D eigenvalue weighted by Gasteiger charge is -2.23. The van der Waals surface area contributed by atoms with Crippen molar-refractivity contribution >= 4 is 15.9 Å². The van der Waals surface area contributed by atoms with Gasteiger partial charge in [-0.05, 0) is 36.8 Å². The second-order valence-corrected chi connectivity index (χ2v) is 5.40. The van der Waals surface area contributed by atoms with E-state index in [1.807, 2.05) is 0 Å². The van der Waals surface area contributed by atoms with Gasteiger partial charge < -0.3 is 5.11 Å². The van der Waals surface area contributed by atoms with Crippen LogP contribution in [0.1, 0.15) is 18.2 Å². The molecule has 0 saturated heterocycles. The van der Waals surface area contributed by atoms with Crippen LogP contribution in [0, 0.1) is 11.6 Å². The second kappa shape index (κ2) is 5.35. The van der Waals surface area contributed by atoms with Crippen molar-refractivity contribution in [3.8, 4) is 0 Å². The Morgan fingerprint density at radius 3 is 2.47 bits per heavy atom. The molecule has 5 heteroatoms. The van der Waals surface area contributed by atoms with Crippen molar-refractivity contribution in [2.24, 2.45) is 0 Å². The highest BCUT2D eigenvalue weighted by atomic mass is 79.9. The summed E-state index contributed by atoms with van der Waals surface area (Å²) in [6.07, 6.45) is 1.30. The van der Waals surface area contributed by atoms with Gasteiger partial charge in [-0.2, -0.15) is 0 Å². The minimum atomic E-state index is -1.26. The number of aliphatic hydroxyl groups is 1. The van der Waals surface area contributed by atoms with Crippen molar-refractivity contribution in [2.45, 2.75) is 18.9 Å². The van der Waals surface area contributed by atoms with Gasteiger partial charge in [-0.3, -0.25) is 4.98 Å². The number of benzene rings is 1. The largest absolute Gasteiger partial charge is 0.383 e. The Balaban J connectivity index is 2.27. The standard InChI is InChI=1S/C14H12BrF2NO/c1-14(19,13-5-4-11(17)8-18-13)7-9-2-3-10(16)6-12(9)15/h2-6,8,19H,7H2,1H3. The number of hydrogen-bond donors (Lipinski definition) is 1. The Kier molecular flexibility index (Phi) is 3.96. The van der Waals surface area contributed by atoms with E-state index in [-0.39, 0.29) is 12.2 Å². The van der Waals surface area contributed by atoms with Gasteiger partial charge in [0, 0.05) is 10.9 Å². The van der Waals surface area contributed by atoms with Gasteiger partial charge in [-0.25, -0.2) is 8.78 Å². The molecule has 0 amide bonds. The molecule has 1 heterocycles. The fourth-order valence-corrected chi connectivity index (χ4v) is 2.31. The SMILES string of the molecule is CC(O)(Cc1ccc(F)cc1Br)c1ccc(F)cn1. The van der Waals surface area contributed by atoms with E-state index in [0.717, 1.165) is 11.8 Å². The maximum absolute atomic E-state index is 13.0. The highest BCUT2D eigenvalue weighted by Gasteiger charge is 2.26. The van der Waals surface area contributed by atoms with Gasteiger partial charge in [0.25, 0.3) is 0 Å². The predicted octanol–water partition coefficient (Wildman–Crippen LogP) is 3.57. The zero-order valence-corrected chi connectivity index (χ0v) is 11.8. The predicted molar refractivity (Wildman–Crippen MR) is 71.6 cm³/mol. The first-order valence-electron chi connectivity index (χ1n) is 5.67.